The van der Waals surface area contributed by atoms with Crippen LogP contribution in [0.4, 0.5) is 17.1 Å². The SMILES string of the molecule is CC(=O)N1CCN(C(=O)/C(C#N)=C\N(c2ccccc2)c2ccc(N)cc2)CC1. The zero-order valence-corrected chi connectivity index (χ0v) is 16.3. The molecule has 1 saturated heterocycles. The highest BCUT2D eigenvalue weighted by Gasteiger charge is 2.25. The summed E-state index contributed by atoms with van der Waals surface area (Å²) in [5.74, 6) is -0.348. The molecule has 29 heavy (non-hydrogen) atoms. The van der Waals surface area contributed by atoms with Crippen LogP contribution in [0.1, 0.15) is 6.92 Å². The van der Waals surface area contributed by atoms with Gasteiger partial charge in [0, 0.05) is 56.4 Å². The molecule has 7 nitrogen and oxygen atoms in total. The summed E-state index contributed by atoms with van der Waals surface area (Å²) in [5.41, 5.74) is 8.06. The third-order valence-corrected chi connectivity index (χ3v) is 4.83. The second-order valence-electron chi connectivity index (χ2n) is 6.75. The maximum absolute atomic E-state index is 12.9. The Balaban J connectivity index is 1.89. The summed E-state index contributed by atoms with van der Waals surface area (Å²) in [7, 11) is 0. The van der Waals surface area contributed by atoms with Crippen LogP contribution in [0.2, 0.25) is 0 Å². The van der Waals surface area contributed by atoms with Gasteiger partial charge in [-0.05, 0) is 36.4 Å². The van der Waals surface area contributed by atoms with Gasteiger partial charge in [-0.1, -0.05) is 18.2 Å². The van der Waals surface area contributed by atoms with Crippen molar-refractivity contribution in [2.75, 3.05) is 36.8 Å². The lowest BCUT2D eigenvalue weighted by molar-refractivity contribution is -0.136. The molecule has 2 aromatic carbocycles. The number of piperazine rings is 1. The molecule has 0 aliphatic carbocycles. The number of hydrogen-bond acceptors (Lipinski definition) is 5. The standard InChI is InChI=1S/C22H23N5O2/c1-17(28)25-11-13-26(14-12-25)22(29)18(15-23)16-27(20-5-3-2-4-6-20)21-9-7-19(24)8-10-21/h2-10,16H,11-14,24H2,1H3/b18-16-. The minimum atomic E-state index is -0.341. The Morgan fingerprint density at radius 1 is 0.966 bits per heavy atom. The molecule has 0 aromatic heterocycles. The van der Waals surface area contributed by atoms with Gasteiger partial charge in [-0.2, -0.15) is 5.26 Å². The number of nitrogen functional groups attached to an aromatic ring is 1. The molecule has 1 fully saturated rings. The van der Waals surface area contributed by atoms with E-state index in [1.807, 2.05) is 48.5 Å². The Bertz CT molecular complexity index is 939. The second kappa shape index (κ2) is 8.93. The number of carbonyl (C=O) groups excluding carboxylic acids is 2. The molecule has 7 heteroatoms. The molecule has 148 valence electrons. The molecule has 2 aromatic rings. The summed E-state index contributed by atoms with van der Waals surface area (Å²) in [6.45, 7) is 3.28. The maximum Gasteiger partial charge on any atom is 0.266 e. The van der Waals surface area contributed by atoms with Crippen molar-refractivity contribution in [3.63, 3.8) is 0 Å². The fourth-order valence-corrected chi connectivity index (χ4v) is 3.18. The molecule has 1 heterocycles. The van der Waals surface area contributed by atoms with E-state index in [4.69, 9.17) is 5.73 Å². The summed E-state index contributed by atoms with van der Waals surface area (Å²) >= 11 is 0. The van der Waals surface area contributed by atoms with E-state index in [0.29, 0.717) is 31.9 Å². The van der Waals surface area contributed by atoms with Crippen molar-refractivity contribution in [2.45, 2.75) is 6.92 Å². The Kier molecular flexibility index (Phi) is 6.15. The van der Waals surface area contributed by atoms with Crippen molar-refractivity contribution >= 4 is 28.9 Å². The quantitative estimate of drug-likeness (QED) is 0.493. The lowest BCUT2D eigenvalue weighted by Crippen LogP contribution is -2.50. The van der Waals surface area contributed by atoms with Gasteiger partial charge in [0.2, 0.25) is 5.91 Å². The van der Waals surface area contributed by atoms with Gasteiger partial charge in [-0.15, -0.1) is 0 Å². The van der Waals surface area contributed by atoms with Crippen LogP contribution < -0.4 is 10.6 Å². The average molecular weight is 389 g/mol. The Labute approximate surface area is 170 Å². The van der Waals surface area contributed by atoms with Crippen molar-refractivity contribution in [1.29, 1.82) is 5.26 Å². The number of nitrogens with zero attached hydrogens (tertiary/aromatic N) is 4. The number of benzene rings is 2. The Hall–Kier alpha value is -3.79. The molecule has 0 spiro atoms. The van der Waals surface area contributed by atoms with Gasteiger partial charge >= 0.3 is 0 Å². The molecule has 1 aliphatic rings. The second-order valence-corrected chi connectivity index (χ2v) is 6.75. The number of nitrogens with two attached hydrogens (primary N) is 1. The summed E-state index contributed by atoms with van der Waals surface area (Å²) < 4.78 is 0. The van der Waals surface area contributed by atoms with Crippen LogP contribution >= 0.6 is 0 Å². The third kappa shape index (κ3) is 4.74. The number of rotatable bonds is 4. The van der Waals surface area contributed by atoms with E-state index in [1.165, 1.54) is 6.92 Å². The zero-order chi connectivity index (χ0) is 20.8. The topological polar surface area (TPSA) is 93.7 Å². The summed E-state index contributed by atoms with van der Waals surface area (Å²) in [6.07, 6.45) is 1.56. The molecule has 0 saturated carbocycles. The van der Waals surface area contributed by atoms with E-state index in [-0.39, 0.29) is 17.4 Å². The zero-order valence-electron chi connectivity index (χ0n) is 16.3. The first-order valence-corrected chi connectivity index (χ1v) is 9.36. The average Bonchev–Trinajstić information content (AvgIpc) is 2.76. The minimum absolute atomic E-state index is 0.00764. The van der Waals surface area contributed by atoms with Crippen molar-refractivity contribution in [3.8, 4) is 6.07 Å². The van der Waals surface area contributed by atoms with E-state index < -0.39 is 0 Å². The molecule has 3 rings (SSSR count). The van der Waals surface area contributed by atoms with Gasteiger partial charge in [0.15, 0.2) is 0 Å². The number of para-hydroxylation sites is 1. The van der Waals surface area contributed by atoms with Crippen LogP contribution in [0.3, 0.4) is 0 Å². The van der Waals surface area contributed by atoms with E-state index in [1.54, 1.807) is 33.0 Å². The fourth-order valence-electron chi connectivity index (χ4n) is 3.18. The summed E-state index contributed by atoms with van der Waals surface area (Å²) in [5, 5.41) is 9.68. The number of anilines is 3. The normalized spacial score (nSPS) is 14.3. The fraction of sp³-hybridized carbons (Fsp3) is 0.227. The predicted molar refractivity (Wildman–Crippen MR) is 112 cm³/mol. The van der Waals surface area contributed by atoms with E-state index in [0.717, 1.165) is 11.4 Å². The Morgan fingerprint density at radius 2 is 1.52 bits per heavy atom. The van der Waals surface area contributed by atoms with Crippen molar-refractivity contribution in [1.82, 2.24) is 9.80 Å². The molecule has 0 bridgehead atoms. The van der Waals surface area contributed by atoms with Crippen molar-refractivity contribution in [2.24, 2.45) is 0 Å². The minimum Gasteiger partial charge on any atom is -0.399 e. The van der Waals surface area contributed by atoms with Crippen molar-refractivity contribution < 1.29 is 9.59 Å². The van der Waals surface area contributed by atoms with E-state index in [9.17, 15) is 14.9 Å². The van der Waals surface area contributed by atoms with Crippen LogP contribution in [0.5, 0.6) is 0 Å². The van der Waals surface area contributed by atoms with Crippen LogP contribution in [0, 0.1) is 11.3 Å². The van der Waals surface area contributed by atoms with Crippen LogP contribution in [-0.2, 0) is 9.59 Å². The Morgan fingerprint density at radius 3 is 2.07 bits per heavy atom. The van der Waals surface area contributed by atoms with Gasteiger partial charge in [-0.25, -0.2) is 0 Å². The summed E-state index contributed by atoms with van der Waals surface area (Å²) in [6, 6.07) is 18.7. The molecule has 0 atom stereocenters. The number of hydrogen-bond donors (Lipinski definition) is 1. The molecule has 0 radical (unpaired) electrons. The molecule has 0 unspecified atom stereocenters. The van der Waals surface area contributed by atoms with Crippen LogP contribution in [-0.4, -0.2) is 47.8 Å². The highest BCUT2D eigenvalue weighted by atomic mass is 16.2. The molecule has 2 amide bonds. The third-order valence-electron chi connectivity index (χ3n) is 4.83. The molecular weight excluding hydrogens is 366 g/mol. The van der Waals surface area contributed by atoms with Gasteiger partial charge in [0.25, 0.3) is 5.91 Å². The van der Waals surface area contributed by atoms with Crippen LogP contribution in [0.25, 0.3) is 0 Å². The molecule has 1 aliphatic heterocycles. The monoisotopic (exact) mass is 389 g/mol. The highest BCUT2D eigenvalue weighted by Crippen LogP contribution is 2.27. The van der Waals surface area contributed by atoms with E-state index >= 15 is 0 Å². The van der Waals surface area contributed by atoms with Gasteiger partial charge in [-0.3, -0.25) is 9.59 Å². The van der Waals surface area contributed by atoms with E-state index in [2.05, 4.69) is 0 Å². The largest absolute Gasteiger partial charge is 0.399 e. The van der Waals surface area contributed by atoms with Gasteiger partial charge in [0.1, 0.15) is 11.6 Å². The van der Waals surface area contributed by atoms with Crippen molar-refractivity contribution in [3.05, 3.63) is 66.4 Å². The molecular formula is C22H23N5O2. The smallest absolute Gasteiger partial charge is 0.266 e. The first kappa shape index (κ1) is 20.0. The number of nitriles is 1. The predicted octanol–water partition coefficient (Wildman–Crippen LogP) is 2.51. The van der Waals surface area contributed by atoms with Gasteiger partial charge in [0.05, 0.1) is 0 Å². The number of amides is 2. The van der Waals surface area contributed by atoms with Crippen LogP contribution in [0.15, 0.2) is 66.4 Å². The molecule has 2 N–H and O–H groups in total. The lowest BCUT2D eigenvalue weighted by atomic mass is 10.2. The first-order valence-electron chi connectivity index (χ1n) is 9.36. The lowest BCUT2D eigenvalue weighted by Gasteiger charge is -2.34. The summed E-state index contributed by atoms with van der Waals surface area (Å²) in [4.78, 5) is 29.5. The highest BCUT2D eigenvalue weighted by molar-refractivity contribution is 5.98. The first-order chi connectivity index (χ1) is 14.0. The number of carbonyl (C=O) groups is 2. The van der Waals surface area contributed by atoms with Gasteiger partial charge < -0.3 is 20.4 Å². The maximum atomic E-state index is 12.9.